The van der Waals surface area contributed by atoms with Crippen molar-refractivity contribution < 1.29 is 27.9 Å². The number of ketones is 1. The molecule has 216 valence electrons. The average Bonchev–Trinajstić information content (AvgIpc) is 3.65. The van der Waals surface area contributed by atoms with Gasteiger partial charge < -0.3 is 24.8 Å². The van der Waals surface area contributed by atoms with Gasteiger partial charge in [-0.1, -0.05) is 26.0 Å². The number of carbonyl (C=O) groups excluding carboxylic acids is 3. The van der Waals surface area contributed by atoms with E-state index in [0.717, 1.165) is 42.6 Å². The highest BCUT2D eigenvalue weighted by atomic mass is 32.1. The van der Waals surface area contributed by atoms with Crippen molar-refractivity contribution in [1.29, 1.82) is 0 Å². The van der Waals surface area contributed by atoms with Gasteiger partial charge in [0.25, 0.3) is 5.91 Å². The number of alkyl halides is 2. The Labute approximate surface area is 236 Å². The monoisotopic (exact) mass is 575 g/mol. The van der Waals surface area contributed by atoms with E-state index in [-0.39, 0.29) is 24.9 Å². The van der Waals surface area contributed by atoms with Crippen molar-refractivity contribution in [2.45, 2.75) is 44.9 Å². The summed E-state index contributed by atoms with van der Waals surface area (Å²) >= 11 is 1.60. The summed E-state index contributed by atoms with van der Waals surface area (Å²) in [6.07, 6.45) is -3.43. The Morgan fingerprint density at radius 2 is 1.85 bits per heavy atom. The number of thiazole rings is 1. The molecule has 9 nitrogen and oxygen atoms in total. The van der Waals surface area contributed by atoms with Crippen LogP contribution in [0.15, 0.2) is 29.6 Å². The number of amides is 2. The summed E-state index contributed by atoms with van der Waals surface area (Å²) in [6, 6.07) is 5.02. The second kappa shape index (κ2) is 11.9. The van der Waals surface area contributed by atoms with Gasteiger partial charge in [-0.15, -0.1) is 11.3 Å². The van der Waals surface area contributed by atoms with Crippen molar-refractivity contribution in [2.24, 2.45) is 11.8 Å². The number of likely N-dealkylation sites (tertiary alicyclic amines) is 1. The summed E-state index contributed by atoms with van der Waals surface area (Å²) in [5, 5.41) is 5.78. The summed E-state index contributed by atoms with van der Waals surface area (Å²) in [5.74, 6) is -2.56. The Kier molecular flexibility index (Phi) is 8.48. The fourth-order valence-corrected chi connectivity index (χ4v) is 6.50. The molecule has 1 N–H and O–H groups in total. The lowest BCUT2D eigenvalue weighted by Gasteiger charge is -2.32. The summed E-state index contributed by atoms with van der Waals surface area (Å²) in [7, 11) is 2.11. The van der Waals surface area contributed by atoms with Crippen LogP contribution in [0.2, 0.25) is 0 Å². The zero-order valence-corrected chi connectivity index (χ0v) is 23.7. The van der Waals surface area contributed by atoms with Crippen molar-refractivity contribution in [3.8, 4) is 11.3 Å². The van der Waals surface area contributed by atoms with Crippen LogP contribution in [-0.4, -0.2) is 103 Å². The predicted molar refractivity (Wildman–Crippen MR) is 148 cm³/mol. The van der Waals surface area contributed by atoms with Crippen molar-refractivity contribution in [3.63, 3.8) is 0 Å². The number of rotatable bonds is 8. The maximum Gasteiger partial charge on any atom is 0.251 e. The van der Waals surface area contributed by atoms with Crippen molar-refractivity contribution in [3.05, 3.63) is 35.2 Å². The highest BCUT2D eigenvalue weighted by Crippen LogP contribution is 2.36. The normalized spacial score (nSPS) is 24.2. The largest absolute Gasteiger partial charge is 0.367 e. The fraction of sp³-hybridized carbons (Fsp3) is 0.571. The lowest BCUT2D eigenvalue weighted by atomic mass is 10.0. The van der Waals surface area contributed by atoms with E-state index in [1.54, 1.807) is 23.5 Å². The Bertz CT molecular complexity index is 1230. The van der Waals surface area contributed by atoms with Gasteiger partial charge in [-0.2, -0.15) is 0 Å². The number of halogens is 2. The topological polar surface area (TPSA) is 95.1 Å². The second-order valence-corrected chi connectivity index (χ2v) is 12.1. The molecule has 1 aromatic carbocycles. The molecule has 0 saturated carbocycles. The van der Waals surface area contributed by atoms with Gasteiger partial charge in [-0.25, -0.2) is 13.8 Å². The number of hydrogen-bond donors (Lipinski definition) is 1. The Morgan fingerprint density at radius 3 is 2.50 bits per heavy atom. The van der Waals surface area contributed by atoms with Gasteiger partial charge in [-0.05, 0) is 31.5 Å². The molecule has 5 rings (SSSR count). The lowest BCUT2D eigenvalue weighted by molar-refractivity contribution is -0.138. The standard InChI is InChI=1S/C28H35F2N5O4S/c1-16(2)12-20(27(38)35-13-19(25(29)30)24-23(35)22(36)14-39-24)31-26(37)18-6-4-17(5-7-18)21-15-40-28(32-21)34-10-8-33(3)9-11-34/h4-7,15-16,19-20,23-25H,8-14H2,1-3H3,(H,31,37)/t19-,20?,23-,24+/m1/s1. The van der Waals surface area contributed by atoms with Gasteiger partial charge in [0, 0.05) is 49.2 Å². The molecule has 4 atom stereocenters. The highest BCUT2D eigenvalue weighted by Gasteiger charge is 2.55. The summed E-state index contributed by atoms with van der Waals surface area (Å²) in [4.78, 5) is 49.7. The van der Waals surface area contributed by atoms with E-state index in [0.29, 0.717) is 12.0 Å². The van der Waals surface area contributed by atoms with Gasteiger partial charge in [0.05, 0.1) is 17.7 Å². The zero-order valence-electron chi connectivity index (χ0n) is 22.9. The number of nitrogens with zero attached hydrogens (tertiary/aromatic N) is 4. The molecule has 1 aromatic heterocycles. The molecule has 2 aromatic rings. The summed E-state index contributed by atoms with van der Waals surface area (Å²) in [6.45, 7) is 7.10. The first-order valence-corrected chi connectivity index (χ1v) is 14.5. The van der Waals surface area contributed by atoms with Crippen LogP contribution >= 0.6 is 11.3 Å². The minimum atomic E-state index is -2.72. The number of hydrogen-bond acceptors (Lipinski definition) is 8. The fourth-order valence-electron chi connectivity index (χ4n) is 5.61. The first-order valence-electron chi connectivity index (χ1n) is 13.7. The van der Waals surface area contributed by atoms with Crippen molar-refractivity contribution in [2.75, 3.05) is 51.3 Å². The number of nitrogens with one attached hydrogen (secondary N) is 1. The number of benzene rings is 1. The molecule has 12 heteroatoms. The third-order valence-corrected chi connectivity index (χ3v) is 8.75. The molecule has 40 heavy (non-hydrogen) atoms. The van der Waals surface area contributed by atoms with E-state index >= 15 is 0 Å². The average molecular weight is 576 g/mol. The Balaban J connectivity index is 1.27. The van der Waals surface area contributed by atoms with E-state index in [2.05, 4.69) is 22.2 Å². The van der Waals surface area contributed by atoms with E-state index < -0.39 is 42.3 Å². The van der Waals surface area contributed by atoms with Crippen LogP contribution in [0.5, 0.6) is 0 Å². The van der Waals surface area contributed by atoms with Crippen LogP contribution in [0.25, 0.3) is 11.3 Å². The first kappa shape index (κ1) is 28.6. The molecule has 0 radical (unpaired) electrons. The molecule has 1 unspecified atom stereocenters. The van der Waals surface area contributed by atoms with E-state index in [1.807, 2.05) is 31.4 Å². The molecule has 4 heterocycles. The number of Topliss-reactive ketones (excluding diaryl/α,β-unsaturated/α-hetero) is 1. The Morgan fingerprint density at radius 1 is 1.15 bits per heavy atom. The molecule has 2 amide bonds. The van der Waals surface area contributed by atoms with Crippen LogP contribution in [0.1, 0.15) is 30.6 Å². The van der Waals surface area contributed by atoms with Crippen molar-refractivity contribution in [1.82, 2.24) is 20.1 Å². The highest BCUT2D eigenvalue weighted by molar-refractivity contribution is 7.14. The maximum absolute atomic E-state index is 13.6. The Hall–Kier alpha value is -2.96. The van der Waals surface area contributed by atoms with Crippen molar-refractivity contribution >= 4 is 34.1 Å². The smallest absolute Gasteiger partial charge is 0.251 e. The van der Waals surface area contributed by atoms with E-state index in [1.165, 1.54) is 4.90 Å². The number of likely N-dealkylation sites (N-methyl/N-ethyl adjacent to an activating group) is 1. The number of ether oxygens (including phenoxy) is 1. The molecular formula is C28H35F2N5O4S. The molecule has 3 aliphatic rings. The molecule has 3 saturated heterocycles. The molecular weight excluding hydrogens is 540 g/mol. The van der Waals surface area contributed by atoms with E-state index in [4.69, 9.17) is 9.72 Å². The number of fused-ring (bicyclic) bond motifs is 1. The molecule has 3 aliphatic heterocycles. The minimum Gasteiger partial charge on any atom is -0.367 e. The maximum atomic E-state index is 13.6. The van der Waals surface area contributed by atoms with Crippen LogP contribution in [0.3, 0.4) is 0 Å². The number of carbonyl (C=O) groups is 3. The first-order chi connectivity index (χ1) is 19.1. The SMILES string of the molecule is CC(C)CC(NC(=O)c1ccc(-c2csc(N3CCN(C)CC3)n2)cc1)C(=O)N1C[C@@H](C(F)F)[C@@H]2OCC(=O)[C@H]21. The van der Waals surface area contributed by atoms with Gasteiger partial charge in [0.1, 0.15) is 18.7 Å². The molecule has 3 fully saturated rings. The number of anilines is 1. The molecule has 0 spiro atoms. The minimum absolute atomic E-state index is 0.0376. The van der Waals surface area contributed by atoms with Gasteiger partial charge >= 0.3 is 0 Å². The van der Waals surface area contributed by atoms with Gasteiger partial charge in [0.15, 0.2) is 10.9 Å². The second-order valence-electron chi connectivity index (χ2n) is 11.2. The number of piperazine rings is 1. The summed E-state index contributed by atoms with van der Waals surface area (Å²) in [5.41, 5.74) is 2.08. The van der Waals surface area contributed by atoms with Crippen LogP contribution in [0, 0.1) is 11.8 Å². The third kappa shape index (κ3) is 5.89. The van der Waals surface area contributed by atoms with Crippen LogP contribution in [-0.2, 0) is 14.3 Å². The lowest BCUT2D eigenvalue weighted by Crippen LogP contribution is -2.52. The third-order valence-electron chi connectivity index (χ3n) is 7.85. The zero-order chi connectivity index (χ0) is 28.6. The van der Waals surface area contributed by atoms with E-state index in [9.17, 15) is 23.2 Å². The quantitative estimate of drug-likeness (QED) is 0.517. The van der Waals surface area contributed by atoms with Crippen LogP contribution < -0.4 is 10.2 Å². The van der Waals surface area contributed by atoms with Gasteiger partial charge in [-0.3, -0.25) is 14.4 Å². The predicted octanol–water partition coefficient (Wildman–Crippen LogP) is 2.77. The number of aromatic nitrogens is 1. The summed E-state index contributed by atoms with van der Waals surface area (Å²) < 4.78 is 32.6. The molecule has 0 aliphatic carbocycles. The van der Waals surface area contributed by atoms with Crippen LogP contribution in [0.4, 0.5) is 13.9 Å². The molecule has 0 bridgehead atoms. The van der Waals surface area contributed by atoms with Gasteiger partial charge in [0.2, 0.25) is 12.3 Å².